The van der Waals surface area contributed by atoms with E-state index in [-0.39, 0.29) is 0 Å². The highest BCUT2D eigenvalue weighted by Gasteiger charge is 1.34. The Morgan fingerprint density at radius 1 is 1.75 bits per heavy atom. The van der Waals surface area contributed by atoms with Crippen molar-refractivity contribution >= 4 is 12.6 Å². The van der Waals surface area contributed by atoms with Crippen molar-refractivity contribution in [3.63, 3.8) is 0 Å². The Labute approximate surface area is 31.9 Å². The third-order valence-corrected chi connectivity index (χ3v) is 0.447. The van der Waals surface area contributed by atoms with Crippen LogP contribution in [0, 0.1) is 0 Å². The highest BCUT2D eigenvalue weighted by Crippen LogP contribution is 1.69. The summed E-state index contributed by atoms with van der Waals surface area (Å²) < 4.78 is 0. The maximum Gasteiger partial charge on any atom is -0.0367 e. The maximum atomic E-state index is 3.74. The zero-order chi connectivity index (χ0) is 3.41. The zero-order valence-electron chi connectivity index (χ0n) is 2.60. The summed E-state index contributed by atoms with van der Waals surface area (Å²) in [5, 5.41) is 1.69. The Morgan fingerprint density at radius 3 is 2.00 bits per heavy atom. The Bertz CT molecular complexity index is 18.5. The van der Waals surface area contributed by atoms with Gasteiger partial charge in [0.15, 0.2) is 0 Å². The molecule has 0 spiro atoms. The molecule has 1 heteroatoms. The van der Waals surface area contributed by atoms with Gasteiger partial charge in [-0.3, -0.25) is 0 Å². The van der Waals surface area contributed by atoms with Gasteiger partial charge in [-0.2, -0.15) is 12.6 Å². The first-order valence-electron chi connectivity index (χ1n) is 1.17. The highest BCUT2D eigenvalue weighted by molar-refractivity contribution is 7.83. The average Bonchev–Trinajstić information content (AvgIpc) is 1.37. The molecule has 0 saturated carbocycles. The third kappa shape index (κ3) is 2.09. The molecule has 0 nitrogen and oxygen atoms in total. The van der Waals surface area contributed by atoms with Crippen molar-refractivity contribution in [3.8, 4) is 0 Å². The van der Waals surface area contributed by atoms with Gasteiger partial charge in [0.2, 0.25) is 0 Å². The average molecular weight is 74.1 g/mol. The lowest BCUT2D eigenvalue weighted by Crippen LogP contribution is -1.20. The zero-order valence-corrected chi connectivity index (χ0v) is 3.50. The smallest absolute Gasteiger partial charge is 0.0367 e. The first-order chi connectivity index (χ1) is 1.91. The summed E-state index contributed by atoms with van der Waals surface area (Å²) >= 11 is 3.74. The second kappa shape index (κ2) is 3.09. The molecule has 0 atom stereocenters. The van der Waals surface area contributed by atoms with Gasteiger partial charge in [-0.25, -0.2) is 0 Å². The summed E-state index contributed by atoms with van der Waals surface area (Å²) in [7, 11) is 0. The molecule has 0 aliphatic heterocycles. The fourth-order valence-corrected chi connectivity index (χ4v) is 0. The summed E-state index contributed by atoms with van der Waals surface area (Å²) in [4.78, 5) is 0. The first kappa shape index (κ1) is 4.09. The van der Waals surface area contributed by atoms with Gasteiger partial charge in [-0.1, -0.05) is 6.08 Å². The fraction of sp³-hybridized carbons (Fsp3) is 0.333. The molecule has 0 N–H and O–H groups in total. The van der Waals surface area contributed by atoms with Crippen LogP contribution in [0.5, 0.6) is 0 Å². The lowest BCUT2D eigenvalue weighted by molar-refractivity contribution is 1.79. The van der Waals surface area contributed by atoms with E-state index in [1.807, 2.05) is 13.0 Å². The molecule has 0 aromatic heterocycles. The van der Waals surface area contributed by atoms with Crippen LogP contribution in [0.15, 0.2) is 11.5 Å². The predicted molar refractivity (Wildman–Crippen MR) is 23.8 cm³/mol. The SMILES string of the molecule is C/C=C/S. The molecule has 24 valence electrons. The lowest BCUT2D eigenvalue weighted by Gasteiger charge is -1.49. The Hall–Kier alpha value is 0.0900. The van der Waals surface area contributed by atoms with E-state index >= 15 is 0 Å². The van der Waals surface area contributed by atoms with Crippen LogP contribution in [-0.4, -0.2) is 0 Å². The third-order valence-electron chi connectivity index (χ3n) is 0.149. The topological polar surface area (TPSA) is 0 Å². The van der Waals surface area contributed by atoms with Crippen molar-refractivity contribution in [3.05, 3.63) is 11.5 Å². The molecule has 0 bridgehead atoms. The fourth-order valence-electron chi connectivity index (χ4n) is 0. The van der Waals surface area contributed by atoms with E-state index in [4.69, 9.17) is 0 Å². The van der Waals surface area contributed by atoms with Crippen molar-refractivity contribution in [2.75, 3.05) is 0 Å². The highest BCUT2D eigenvalue weighted by atomic mass is 32.1. The van der Waals surface area contributed by atoms with E-state index in [0.717, 1.165) is 0 Å². The van der Waals surface area contributed by atoms with Gasteiger partial charge in [0.05, 0.1) is 0 Å². The van der Waals surface area contributed by atoms with Gasteiger partial charge in [0.1, 0.15) is 0 Å². The minimum atomic E-state index is 1.69. The normalized spacial score (nSPS) is 9.50. The molecule has 0 heterocycles. The molecule has 0 amide bonds. The van der Waals surface area contributed by atoms with Crippen molar-refractivity contribution < 1.29 is 0 Å². The van der Waals surface area contributed by atoms with E-state index in [1.165, 1.54) is 0 Å². The maximum absolute atomic E-state index is 3.74. The van der Waals surface area contributed by atoms with E-state index in [0.29, 0.717) is 0 Å². The summed E-state index contributed by atoms with van der Waals surface area (Å²) in [6, 6.07) is 0. The predicted octanol–water partition coefficient (Wildman–Crippen LogP) is 1.45. The molecule has 0 aliphatic carbocycles. The van der Waals surface area contributed by atoms with Crippen LogP contribution in [-0.2, 0) is 0 Å². The molecule has 4 heavy (non-hydrogen) atoms. The number of hydrogen-bond donors (Lipinski definition) is 1. The Morgan fingerprint density at radius 2 is 2.00 bits per heavy atom. The largest absolute Gasteiger partial charge is 0.152 e. The molecular formula is C3H6S. The van der Waals surface area contributed by atoms with Crippen molar-refractivity contribution in [1.29, 1.82) is 0 Å². The standard InChI is InChI=1S/C3H6S/c1-2-3-4/h2-4H,1H3/b3-2+. The number of rotatable bonds is 0. The number of allylic oxidation sites excluding steroid dienone is 1. The van der Waals surface area contributed by atoms with Crippen LogP contribution < -0.4 is 0 Å². The molecule has 0 radical (unpaired) electrons. The summed E-state index contributed by atoms with van der Waals surface area (Å²) in [5.74, 6) is 0. The van der Waals surface area contributed by atoms with Gasteiger partial charge < -0.3 is 0 Å². The van der Waals surface area contributed by atoms with Crippen LogP contribution in [0.2, 0.25) is 0 Å². The second-order valence-corrected chi connectivity index (χ2v) is 0.781. The van der Waals surface area contributed by atoms with Gasteiger partial charge in [-0.15, -0.1) is 0 Å². The van der Waals surface area contributed by atoms with Crippen LogP contribution in [0.25, 0.3) is 0 Å². The molecule has 0 unspecified atom stereocenters. The van der Waals surface area contributed by atoms with Crippen molar-refractivity contribution in [1.82, 2.24) is 0 Å². The molecule has 0 rings (SSSR count). The molecule has 0 saturated heterocycles. The van der Waals surface area contributed by atoms with E-state index in [2.05, 4.69) is 12.6 Å². The first-order valence-corrected chi connectivity index (χ1v) is 1.69. The Balaban J connectivity index is 2.55. The summed E-state index contributed by atoms with van der Waals surface area (Å²) in [6.45, 7) is 1.92. The van der Waals surface area contributed by atoms with E-state index in [1.54, 1.807) is 5.41 Å². The molecule has 0 aromatic carbocycles. The number of hydrogen-bond acceptors (Lipinski definition) is 1. The van der Waals surface area contributed by atoms with Crippen LogP contribution in [0.4, 0.5) is 0 Å². The van der Waals surface area contributed by atoms with E-state index < -0.39 is 0 Å². The molecule has 0 fully saturated rings. The Kier molecular flexibility index (Phi) is 3.16. The van der Waals surface area contributed by atoms with Crippen LogP contribution in [0.1, 0.15) is 6.92 Å². The second-order valence-electron chi connectivity index (χ2n) is 0.482. The monoisotopic (exact) mass is 74.0 g/mol. The molecule has 0 aliphatic rings. The van der Waals surface area contributed by atoms with Gasteiger partial charge in [0, 0.05) is 0 Å². The quantitative estimate of drug-likeness (QED) is 0.413. The number of thiol groups is 1. The van der Waals surface area contributed by atoms with Crippen molar-refractivity contribution in [2.45, 2.75) is 6.92 Å². The minimum Gasteiger partial charge on any atom is -0.152 e. The van der Waals surface area contributed by atoms with Gasteiger partial charge in [0.25, 0.3) is 0 Å². The molecule has 0 aromatic rings. The van der Waals surface area contributed by atoms with Crippen LogP contribution in [0.3, 0.4) is 0 Å². The van der Waals surface area contributed by atoms with Gasteiger partial charge >= 0.3 is 0 Å². The van der Waals surface area contributed by atoms with Crippen molar-refractivity contribution in [2.24, 2.45) is 0 Å². The molecular weight excluding hydrogens is 68.1 g/mol. The van der Waals surface area contributed by atoms with E-state index in [9.17, 15) is 0 Å². The van der Waals surface area contributed by atoms with Crippen LogP contribution >= 0.6 is 12.6 Å². The van der Waals surface area contributed by atoms with Gasteiger partial charge in [-0.05, 0) is 12.3 Å². The lowest BCUT2D eigenvalue weighted by atomic mass is 10.8. The summed E-state index contributed by atoms with van der Waals surface area (Å²) in [5.41, 5.74) is 0. The minimum absolute atomic E-state index is 1.69. The summed E-state index contributed by atoms with van der Waals surface area (Å²) in [6.07, 6.45) is 1.86.